The first-order chi connectivity index (χ1) is 15.1. The number of hydrogen-bond acceptors (Lipinski definition) is 8. The van der Waals surface area contributed by atoms with Gasteiger partial charge in [0.05, 0.1) is 18.8 Å². The van der Waals surface area contributed by atoms with Gasteiger partial charge in [-0.15, -0.1) is 10.2 Å². The smallest absolute Gasteiger partial charge is 0.314 e. The zero-order valence-corrected chi connectivity index (χ0v) is 16.8. The van der Waals surface area contributed by atoms with Gasteiger partial charge in [0, 0.05) is 25.0 Å². The fourth-order valence-corrected chi connectivity index (χ4v) is 4.01. The number of rotatable bonds is 6. The van der Waals surface area contributed by atoms with Crippen LogP contribution in [0.1, 0.15) is 37.1 Å². The minimum Gasteiger partial charge on any atom is -0.414 e. The highest BCUT2D eigenvalue weighted by molar-refractivity contribution is 5.52. The summed E-state index contributed by atoms with van der Waals surface area (Å²) >= 11 is 0. The fraction of sp³-hybridized carbons (Fsp3) is 0.429. The maximum atomic E-state index is 12.7. The minimum absolute atomic E-state index is 0.0572. The average molecular weight is 428 g/mol. The van der Waals surface area contributed by atoms with Gasteiger partial charge in [-0.25, -0.2) is 9.97 Å². The number of benzene rings is 1. The molecule has 0 bridgehead atoms. The summed E-state index contributed by atoms with van der Waals surface area (Å²) in [6.07, 6.45) is 1.73. The highest BCUT2D eigenvalue weighted by atomic mass is 19.3. The van der Waals surface area contributed by atoms with E-state index in [4.69, 9.17) is 9.15 Å². The Balaban J connectivity index is 1.35. The van der Waals surface area contributed by atoms with E-state index < -0.39 is 12.3 Å². The van der Waals surface area contributed by atoms with E-state index in [9.17, 15) is 8.78 Å². The quantitative estimate of drug-likeness (QED) is 0.634. The molecule has 31 heavy (non-hydrogen) atoms. The van der Waals surface area contributed by atoms with Crippen molar-refractivity contribution in [2.75, 3.05) is 36.5 Å². The number of nitrogens with zero attached hydrogens (tertiary/aromatic N) is 5. The standard InChI is InChI=1S/C21H22F2N6O2/c22-17(23)19-28-27-18(31-19)16-6-9-24-20(25-16)26-21(7-1-8-21)14-2-4-15(5-3-14)29-10-12-30-13-11-29/h2-6,9,17H,1,7-8,10-13H2,(H,24,25,26). The van der Waals surface area contributed by atoms with Crippen molar-refractivity contribution >= 4 is 11.6 Å². The molecule has 1 aliphatic heterocycles. The van der Waals surface area contributed by atoms with Crippen molar-refractivity contribution in [1.82, 2.24) is 20.2 Å². The van der Waals surface area contributed by atoms with E-state index in [0.717, 1.165) is 45.6 Å². The second kappa shape index (κ2) is 8.18. The zero-order valence-electron chi connectivity index (χ0n) is 16.8. The molecule has 2 aliphatic rings. The van der Waals surface area contributed by atoms with Gasteiger partial charge in [-0.3, -0.25) is 0 Å². The number of morpholine rings is 1. The summed E-state index contributed by atoms with van der Waals surface area (Å²) in [6.45, 7) is 3.29. The Morgan fingerprint density at radius 3 is 2.45 bits per heavy atom. The van der Waals surface area contributed by atoms with E-state index >= 15 is 0 Å². The Labute approximate surface area is 177 Å². The van der Waals surface area contributed by atoms with Crippen LogP contribution >= 0.6 is 0 Å². The van der Waals surface area contributed by atoms with E-state index in [0.29, 0.717) is 11.6 Å². The van der Waals surface area contributed by atoms with Gasteiger partial charge in [-0.2, -0.15) is 8.78 Å². The molecule has 5 rings (SSSR count). The molecule has 1 saturated heterocycles. The van der Waals surface area contributed by atoms with E-state index in [-0.39, 0.29) is 11.4 Å². The number of anilines is 2. The molecule has 0 spiro atoms. The lowest BCUT2D eigenvalue weighted by molar-refractivity contribution is 0.116. The highest BCUT2D eigenvalue weighted by Crippen LogP contribution is 2.44. The monoisotopic (exact) mass is 428 g/mol. The van der Waals surface area contributed by atoms with Gasteiger partial charge in [0.25, 0.3) is 11.8 Å². The largest absolute Gasteiger partial charge is 0.414 e. The molecule has 3 aromatic rings. The third kappa shape index (κ3) is 3.95. The predicted octanol–water partition coefficient (Wildman–Crippen LogP) is 3.79. The van der Waals surface area contributed by atoms with Crippen molar-refractivity contribution in [2.45, 2.75) is 31.2 Å². The molecule has 0 atom stereocenters. The summed E-state index contributed by atoms with van der Waals surface area (Å²) in [5.41, 5.74) is 2.40. The van der Waals surface area contributed by atoms with E-state index in [1.54, 1.807) is 12.3 Å². The lowest BCUT2D eigenvalue weighted by Crippen LogP contribution is -2.42. The lowest BCUT2D eigenvalue weighted by Gasteiger charge is -2.43. The third-order valence-corrected chi connectivity index (χ3v) is 5.86. The molecule has 1 aliphatic carbocycles. The van der Waals surface area contributed by atoms with Crippen LogP contribution in [0.3, 0.4) is 0 Å². The maximum Gasteiger partial charge on any atom is 0.314 e. The summed E-state index contributed by atoms with van der Waals surface area (Å²) in [4.78, 5) is 11.0. The van der Waals surface area contributed by atoms with E-state index in [1.165, 1.54) is 11.3 Å². The first kappa shape index (κ1) is 19.8. The normalized spacial score (nSPS) is 18.1. The molecule has 0 unspecified atom stereocenters. The average Bonchev–Trinajstić information content (AvgIpc) is 3.28. The van der Waals surface area contributed by atoms with Crippen LogP contribution in [0.25, 0.3) is 11.6 Å². The second-order valence-electron chi connectivity index (χ2n) is 7.72. The van der Waals surface area contributed by atoms with E-state index in [2.05, 4.69) is 54.6 Å². The summed E-state index contributed by atoms with van der Waals surface area (Å²) in [5, 5.41) is 10.5. The number of nitrogens with one attached hydrogen (secondary N) is 1. The lowest BCUT2D eigenvalue weighted by atomic mass is 9.72. The van der Waals surface area contributed by atoms with Gasteiger partial charge in [0.2, 0.25) is 5.95 Å². The number of hydrogen-bond donors (Lipinski definition) is 1. The minimum atomic E-state index is -2.82. The van der Waals surface area contributed by atoms with Gasteiger partial charge in [0.15, 0.2) is 0 Å². The first-order valence-corrected chi connectivity index (χ1v) is 10.3. The van der Waals surface area contributed by atoms with Gasteiger partial charge in [-0.1, -0.05) is 12.1 Å². The molecular formula is C21H22F2N6O2. The van der Waals surface area contributed by atoms with Crippen molar-refractivity contribution in [1.29, 1.82) is 0 Å². The van der Waals surface area contributed by atoms with Crippen LogP contribution in [0.2, 0.25) is 0 Å². The van der Waals surface area contributed by atoms with Crippen LogP contribution < -0.4 is 10.2 Å². The summed E-state index contributed by atoms with van der Waals surface area (Å²) < 4.78 is 35.9. The van der Waals surface area contributed by atoms with Crippen molar-refractivity contribution in [3.63, 3.8) is 0 Å². The topological polar surface area (TPSA) is 89.2 Å². The molecule has 1 aromatic carbocycles. The summed E-state index contributed by atoms with van der Waals surface area (Å²) in [7, 11) is 0. The molecule has 1 saturated carbocycles. The van der Waals surface area contributed by atoms with Crippen LogP contribution in [-0.2, 0) is 10.3 Å². The molecule has 2 aromatic heterocycles. The predicted molar refractivity (Wildman–Crippen MR) is 109 cm³/mol. The Bertz CT molecular complexity index is 1030. The summed E-state index contributed by atoms with van der Waals surface area (Å²) in [5.74, 6) is -0.386. The molecule has 1 N–H and O–H groups in total. The van der Waals surface area contributed by atoms with Gasteiger partial charge in [-0.05, 0) is 43.0 Å². The third-order valence-electron chi connectivity index (χ3n) is 5.86. The van der Waals surface area contributed by atoms with Gasteiger partial charge in [0.1, 0.15) is 5.69 Å². The molecular weight excluding hydrogens is 406 g/mol. The molecule has 0 radical (unpaired) electrons. The second-order valence-corrected chi connectivity index (χ2v) is 7.72. The molecule has 0 amide bonds. The van der Waals surface area contributed by atoms with Crippen LogP contribution in [-0.4, -0.2) is 46.5 Å². The number of aromatic nitrogens is 4. The van der Waals surface area contributed by atoms with E-state index in [1.807, 2.05) is 0 Å². The molecule has 8 nitrogen and oxygen atoms in total. The molecule has 2 fully saturated rings. The molecule has 10 heteroatoms. The number of halogens is 2. The number of alkyl halides is 2. The number of ether oxygens (including phenoxy) is 1. The Hall–Kier alpha value is -3.14. The Morgan fingerprint density at radius 1 is 1.03 bits per heavy atom. The Morgan fingerprint density at radius 2 is 1.81 bits per heavy atom. The van der Waals surface area contributed by atoms with Crippen molar-refractivity contribution < 1.29 is 17.9 Å². The van der Waals surface area contributed by atoms with Gasteiger partial charge >= 0.3 is 6.43 Å². The Kier molecular flexibility index (Phi) is 5.23. The summed E-state index contributed by atoms with van der Waals surface area (Å²) in [6, 6.07) is 10.1. The maximum absolute atomic E-state index is 12.7. The van der Waals surface area contributed by atoms with Crippen LogP contribution in [0.15, 0.2) is 40.9 Å². The van der Waals surface area contributed by atoms with Crippen LogP contribution in [0, 0.1) is 0 Å². The van der Waals surface area contributed by atoms with Crippen molar-refractivity contribution in [3.05, 3.63) is 48.0 Å². The van der Waals surface area contributed by atoms with Crippen molar-refractivity contribution in [3.8, 4) is 11.6 Å². The van der Waals surface area contributed by atoms with Crippen LogP contribution in [0.5, 0.6) is 0 Å². The van der Waals surface area contributed by atoms with Crippen molar-refractivity contribution in [2.24, 2.45) is 0 Å². The highest BCUT2D eigenvalue weighted by Gasteiger charge is 2.39. The first-order valence-electron chi connectivity index (χ1n) is 10.3. The van der Waals surface area contributed by atoms with Crippen LogP contribution in [0.4, 0.5) is 20.4 Å². The molecule has 162 valence electrons. The zero-order chi connectivity index (χ0) is 21.3. The fourth-order valence-electron chi connectivity index (χ4n) is 4.01. The molecule has 3 heterocycles. The SMILES string of the molecule is FC(F)c1nnc(-c2ccnc(NC3(c4ccc(N5CCOCC5)cc4)CCC3)n2)o1. The van der Waals surface area contributed by atoms with Gasteiger partial charge < -0.3 is 19.4 Å².